The van der Waals surface area contributed by atoms with Crippen LogP contribution in [-0.2, 0) is 0 Å². The van der Waals surface area contributed by atoms with Crippen molar-refractivity contribution in [3.8, 4) is 5.75 Å². The van der Waals surface area contributed by atoms with Gasteiger partial charge >= 0.3 is 0 Å². The molecule has 0 bridgehead atoms. The Balaban J connectivity index is 3.31. The SMILES string of the molecule is CC(C)[Si](Oc1ccc([N+](=O)[O-])c(C=O)c1)(C(C)C)C(C)C. The fraction of sp³-hybridized carbons (Fsp3) is 0.562. The summed E-state index contributed by atoms with van der Waals surface area (Å²) >= 11 is 0. The maximum Gasteiger partial charge on any atom is 0.280 e. The second-order valence-electron chi connectivity index (χ2n) is 6.52. The molecule has 0 aliphatic rings. The summed E-state index contributed by atoms with van der Waals surface area (Å²) in [5.41, 5.74) is 1.04. The minimum absolute atomic E-state index is 0.0571. The van der Waals surface area contributed by atoms with Gasteiger partial charge in [0.25, 0.3) is 14.0 Å². The maximum absolute atomic E-state index is 11.1. The molecule has 122 valence electrons. The molecule has 0 spiro atoms. The number of carbonyl (C=O) groups is 1. The van der Waals surface area contributed by atoms with Crippen molar-refractivity contribution >= 4 is 20.3 Å². The first-order valence-corrected chi connectivity index (χ1v) is 9.73. The summed E-state index contributed by atoms with van der Waals surface area (Å²) in [6.07, 6.45) is 0.508. The molecule has 0 aliphatic carbocycles. The van der Waals surface area contributed by atoms with Gasteiger partial charge in [-0.25, -0.2) is 0 Å². The fourth-order valence-corrected chi connectivity index (χ4v) is 8.66. The first kappa shape index (κ1) is 18.4. The second kappa shape index (κ2) is 7.04. The third-order valence-corrected chi connectivity index (χ3v) is 10.3. The van der Waals surface area contributed by atoms with E-state index in [1.165, 1.54) is 12.1 Å². The van der Waals surface area contributed by atoms with Gasteiger partial charge in [-0.05, 0) is 28.8 Å². The Kier molecular flexibility index (Phi) is 5.88. The average molecular weight is 323 g/mol. The molecule has 0 aliphatic heterocycles. The van der Waals surface area contributed by atoms with Gasteiger partial charge in [-0.1, -0.05) is 41.5 Å². The Morgan fingerprint density at radius 3 is 1.95 bits per heavy atom. The van der Waals surface area contributed by atoms with Crippen LogP contribution in [0.5, 0.6) is 5.75 Å². The zero-order chi connectivity index (χ0) is 17.1. The maximum atomic E-state index is 11.1. The lowest BCUT2D eigenvalue weighted by Crippen LogP contribution is -2.50. The summed E-state index contributed by atoms with van der Waals surface area (Å²) in [6.45, 7) is 13.0. The van der Waals surface area contributed by atoms with Crippen LogP contribution in [0.3, 0.4) is 0 Å². The van der Waals surface area contributed by atoms with E-state index < -0.39 is 13.2 Å². The lowest BCUT2D eigenvalue weighted by Gasteiger charge is -2.42. The largest absolute Gasteiger partial charge is 0.543 e. The molecule has 0 saturated carbocycles. The predicted molar refractivity (Wildman–Crippen MR) is 90.2 cm³/mol. The number of carbonyl (C=O) groups excluding carboxylic acids is 1. The van der Waals surface area contributed by atoms with E-state index in [1.54, 1.807) is 6.07 Å². The van der Waals surface area contributed by atoms with Crippen molar-refractivity contribution in [2.75, 3.05) is 0 Å². The van der Waals surface area contributed by atoms with Crippen molar-refractivity contribution in [2.24, 2.45) is 0 Å². The lowest BCUT2D eigenvalue weighted by molar-refractivity contribution is -0.385. The van der Waals surface area contributed by atoms with Crippen molar-refractivity contribution in [3.05, 3.63) is 33.9 Å². The van der Waals surface area contributed by atoms with Gasteiger partial charge in [-0.2, -0.15) is 0 Å². The smallest absolute Gasteiger partial charge is 0.280 e. The van der Waals surface area contributed by atoms with Crippen molar-refractivity contribution in [1.82, 2.24) is 0 Å². The van der Waals surface area contributed by atoms with Gasteiger partial charge < -0.3 is 4.43 Å². The molecule has 0 amide bonds. The third-order valence-electron chi connectivity index (χ3n) is 4.32. The highest BCUT2D eigenvalue weighted by atomic mass is 28.4. The normalized spacial score (nSPS) is 12.0. The van der Waals surface area contributed by atoms with E-state index in [9.17, 15) is 14.9 Å². The molecule has 1 aromatic carbocycles. The van der Waals surface area contributed by atoms with Crippen molar-refractivity contribution in [1.29, 1.82) is 0 Å². The van der Waals surface area contributed by atoms with Crippen molar-refractivity contribution in [2.45, 2.75) is 58.2 Å². The Labute approximate surface area is 133 Å². The van der Waals surface area contributed by atoms with Gasteiger partial charge in [-0.3, -0.25) is 14.9 Å². The summed E-state index contributed by atoms with van der Waals surface area (Å²) in [6, 6.07) is 4.43. The van der Waals surface area contributed by atoms with E-state index in [-0.39, 0.29) is 11.3 Å². The van der Waals surface area contributed by atoms with E-state index in [0.29, 0.717) is 28.7 Å². The van der Waals surface area contributed by atoms with Crippen LogP contribution in [0.1, 0.15) is 51.9 Å². The number of nitro benzene ring substituents is 1. The number of hydrogen-bond donors (Lipinski definition) is 0. The van der Waals surface area contributed by atoms with Crippen LogP contribution in [0.25, 0.3) is 0 Å². The molecule has 0 atom stereocenters. The van der Waals surface area contributed by atoms with Gasteiger partial charge in [0.15, 0.2) is 6.29 Å². The molecule has 0 aromatic heterocycles. The minimum Gasteiger partial charge on any atom is -0.543 e. The highest BCUT2D eigenvalue weighted by Gasteiger charge is 2.47. The molecule has 5 nitrogen and oxygen atoms in total. The van der Waals surface area contributed by atoms with Crippen LogP contribution in [0.15, 0.2) is 18.2 Å². The van der Waals surface area contributed by atoms with Crippen molar-refractivity contribution < 1.29 is 14.1 Å². The standard InChI is InChI=1S/C16H25NO4Si/c1-11(2)22(12(3)4,13(5)6)21-15-7-8-16(17(19)20)14(9-15)10-18/h7-13H,1-6H3. The molecule has 22 heavy (non-hydrogen) atoms. The minimum atomic E-state index is -2.13. The first-order chi connectivity index (χ1) is 10.2. The molecule has 0 radical (unpaired) electrons. The molecule has 1 rings (SSSR count). The zero-order valence-corrected chi connectivity index (χ0v) is 15.1. The molecule has 6 heteroatoms. The number of hydrogen-bond acceptors (Lipinski definition) is 4. The van der Waals surface area contributed by atoms with E-state index in [4.69, 9.17) is 4.43 Å². The monoisotopic (exact) mass is 323 g/mol. The quantitative estimate of drug-likeness (QED) is 0.308. The van der Waals surface area contributed by atoms with Gasteiger partial charge in [0.1, 0.15) is 5.75 Å². The highest BCUT2D eigenvalue weighted by Crippen LogP contribution is 2.43. The second-order valence-corrected chi connectivity index (χ2v) is 11.9. The molecule has 0 N–H and O–H groups in total. The molecular weight excluding hydrogens is 298 g/mol. The number of nitrogens with zero attached hydrogens (tertiary/aromatic N) is 1. The van der Waals surface area contributed by atoms with E-state index in [0.717, 1.165) is 0 Å². The molecule has 0 heterocycles. The Morgan fingerprint density at radius 1 is 1.09 bits per heavy atom. The van der Waals surface area contributed by atoms with Gasteiger partial charge in [0, 0.05) is 6.07 Å². The summed E-state index contributed by atoms with van der Waals surface area (Å²) < 4.78 is 6.42. The topological polar surface area (TPSA) is 69.4 Å². The molecule has 0 unspecified atom stereocenters. The van der Waals surface area contributed by atoms with E-state index in [1.807, 2.05) is 0 Å². The van der Waals surface area contributed by atoms with Crippen LogP contribution in [0.4, 0.5) is 5.69 Å². The number of nitro groups is 1. The van der Waals surface area contributed by atoms with Gasteiger partial charge in [0.05, 0.1) is 10.5 Å². The van der Waals surface area contributed by atoms with Crippen LogP contribution in [-0.4, -0.2) is 19.5 Å². The Bertz CT molecular complexity index is 533. The van der Waals surface area contributed by atoms with Gasteiger partial charge in [0.2, 0.25) is 0 Å². The molecule has 1 aromatic rings. The summed E-state index contributed by atoms with van der Waals surface area (Å²) in [5.74, 6) is 0.551. The average Bonchev–Trinajstić information content (AvgIpc) is 2.42. The number of rotatable bonds is 7. The Morgan fingerprint density at radius 2 is 1.59 bits per heavy atom. The highest BCUT2D eigenvalue weighted by molar-refractivity contribution is 6.78. The summed E-state index contributed by atoms with van der Waals surface area (Å²) in [4.78, 5) is 21.5. The van der Waals surface area contributed by atoms with Crippen LogP contribution in [0.2, 0.25) is 16.6 Å². The van der Waals surface area contributed by atoms with Crippen molar-refractivity contribution in [3.63, 3.8) is 0 Å². The molecule has 0 saturated heterocycles. The summed E-state index contributed by atoms with van der Waals surface area (Å²) in [5, 5.41) is 10.9. The van der Waals surface area contributed by atoms with Crippen LogP contribution in [0, 0.1) is 10.1 Å². The van der Waals surface area contributed by atoms with Crippen LogP contribution >= 0.6 is 0 Å². The lowest BCUT2D eigenvalue weighted by atomic mass is 10.2. The van der Waals surface area contributed by atoms with E-state index in [2.05, 4.69) is 41.5 Å². The number of aldehydes is 1. The first-order valence-electron chi connectivity index (χ1n) is 7.59. The fourth-order valence-electron chi connectivity index (χ4n) is 3.41. The predicted octanol–water partition coefficient (Wildman–Crippen LogP) is 4.96. The van der Waals surface area contributed by atoms with Crippen LogP contribution < -0.4 is 4.43 Å². The number of benzene rings is 1. The zero-order valence-electron chi connectivity index (χ0n) is 14.1. The van der Waals surface area contributed by atoms with Gasteiger partial charge in [-0.15, -0.1) is 0 Å². The Hall–Kier alpha value is -1.69. The molecular formula is C16H25NO4Si. The molecule has 0 fully saturated rings. The summed E-state index contributed by atoms with van der Waals surface area (Å²) in [7, 11) is -2.13. The van der Waals surface area contributed by atoms with E-state index >= 15 is 0 Å². The third kappa shape index (κ3) is 3.38.